The molecule has 100 valence electrons. The molecule has 18 heavy (non-hydrogen) atoms. The Hall–Kier alpha value is -1.18. The van der Waals surface area contributed by atoms with Crippen LogP contribution in [0.3, 0.4) is 0 Å². The zero-order valence-electron chi connectivity index (χ0n) is 9.50. The fourth-order valence-electron chi connectivity index (χ4n) is 1.72. The highest BCUT2D eigenvalue weighted by molar-refractivity contribution is 7.99. The van der Waals surface area contributed by atoms with E-state index in [0.717, 1.165) is 24.3 Å². The summed E-state index contributed by atoms with van der Waals surface area (Å²) >= 11 is 1.84. The van der Waals surface area contributed by atoms with Crippen LogP contribution < -0.4 is 11.1 Å². The lowest BCUT2D eigenvalue weighted by molar-refractivity contribution is -0.144. The van der Waals surface area contributed by atoms with E-state index in [1.165, 1.54) is 6.07 Å². The summed E-state index contributed by atoms with van der Waals surface area (Å²) in [6.45, 7) is 0. The monoisotopic (exact) mass is 278 g/mol. The zero-order valence-corrected chi connectivity index (χ0v) is 10.3. The van der Waals surface area contributed by atoms with Crippen LogP contribution in [0.15, 0.2) is 6.07 Å². The van der Waals surface area contributed by atoms with Gasteiger partial charge in [-0.05, 0) is 24.3 Å². The molecule has 1 aliphatic rings. The average molecular weight is 278 g/mol. The summed E-state index contributed by atoms with van der Waals surface area (Å²) in [5.41, 5.74) is 5.37. The molecule has 0 aliphatic carbocycles. The van der Waals surface area contributed by atoms with Crippen LogP contribution in [0.2, 0.25) is 0 Å². The molecule has 0 atom stereocenters. The Balaban J connectivity index is 2.14. The molecule has 4 nitrogen and oxygen atoms in total. The second-order valence-corrected chi connectivity index (χ2v) is 5.26. The number of thioether (sulfide) groups is 1. The summed E-state index contributed by atoms with van der Waals surface area (Å²) < 4.78 is 37.5. The lowest BCUT2D eigenvalue weighted by Crippen LogP contribution is -2.26. The molecule has 2 heterocycles. The number of alkyl halides is 3. The summed E-state index contributed by atoms with van der Waals surface area (Å²) in [5.74, 6) is 0.779. The van der Waals surface area contributed by atoms with Gasteiger partial charge in [0.05, 0.1) is 0 Å². The number of aromatic nitrogens is 2. The third-order valence-electron chi connectivity index (χ3n) is 2.57. The third kappa shape index (κ3) is 3.41. The molecular weight excluding hydrogens is 265 g/mol. The van der Waals surface area contributed by atoms with E-state index in [1.807, 2.05) is 11.8 Å². The molecular formula is C10H13F3N4S. The lowest BCUT2D eigenvalue weighted by Gasteiger charge is -2.23. The molecule has 1 aromatic heterocycles. The van der Waals surface area contributed by atoms with Gasteiger partial charge in [-0.3, -0.25) is 0 Å². The highest BCUT2D eigenvalue weighted by atomic mass is 32.2. The molecule has 2 rings (SSSR count). The van der Waals surface area contributed by atoms with Gasteiger partial charge in [0.15, 0.2) is 0 Å². The largest absolute Gasteiger partial charge is 0.451 e. The van der Waals surface area contributed by atoms with Gasteiger partial charge in [-0.2, -0.15) is 24.9 Å². The second kappa shape index (κ2) is 5.21. The van der Waals surface area contributed by atoms with E-state index in [0.29, 0.717) is 0 Å². The molecule has 0 bridgehead atoms. The number of nitrogen functional groups attached to an aromatic ring is 1. The van der Waals surface area contributed by atoms with Crippen LogP contribution >= 0.6 is 11.8 Å². The van der Waals surface area contributed by atoms with Crippen molar-refractivity contribution in [1.29, 1.82) is 0 Å². The topological polar surface area (TPSA) is 63.8 Å². The third-order valence-corrected chi connectivity index (χ3v) is 3.62. The second-order valence-electron chi connectivity index (χ2n) is 4.03. The first-order chi connectivity index (χ1) is 8.45. The van der Waals surface area contributed by atoms with Crippen molar-refractivity contribution in [1.82, 2.24) is 9.97 Å². The molecule has 1 fully saturated rings. The van der Waals surface area contributed by atoms with Gasteiger partial charge in [0.1, 0.15) is 11.6 Å². The summed E-state index contributed by atoms with van der Waals surface area (Å²) in [5, 5.41) is 2.99. The van der Waals surface area contributed by atoms with E-state index in [1.54, 1.807) is 0 Å². The Bertz CT molecular complexity index is 418. The van der Waals surface area contributed by atoms with E-state index < -0.39 is 12.0 Å². The minimum absolute atomic E-state index is 0.145. The molecule has 0 amide bonds. The quantitative estimate of drug-likeness (QED) is 0.869. The molecule has 1 saturated heterocycles. The van der Waals surface area contributed by atoms with Crippen molar-refractivity contribution in [2.45, 2.75) is 25.1 Å². The number of nitrogens with two attached hydrogens (primary N) is 1. The number of hydrogen-bond donors (Lipinski definition) is 2. The standard InChI is InChI=1S/C10H13F3N4S/c11-10(12,13)9-16-7(14)5-8(17-9)15-6-1-3-18-4-2-6/h5-6H,1-4H2,(H3,14,15,16,17). The van der Waals surface area contributed by atoms with Crippen LogP contribution in [0.1, 0.15) is 18.7 Å². The smallest absolute Gasteiger partial charge is 0.384 e. The van der Waals surface area contributed by atoms with E-state index in [-0.39, 0.29) is 17.7 Å². The number of nitrogens with zero attached hydrogens (tertiary/aromatic N) is 2. The predicted octanol–water partition coefficient (Wildman–Crippen LogP) is 2.39. The highest BCUT2D eigenvalue weighted by Gasteiger charge is 2.35. The van der Waals surface area contributed by atoms with Crippen molar-refractivity contribution in [3.63, 3.8) is 0 Å². The minimum atomic E-state index is -4.58. The average Bonchev–Trinajstić information content (AvgIpc) is 2.28. The summed E-state index contributed by atoms with van der Waals surface area (Å²) in [7, 11) is 0. The maximum Gasteiger partial charge on any atom is 0.451 e. The number of rotatable bonds is 2. The molecule has 0 unspecified atom stereocenters. The van der Waals surface area contributed by atoms with E-state index in [9.17, 15) is 13.2 Å². The summed E-state index contributed by atoms with van der Waals surface area (Å²) in [6, 6.07) is 1.48. The van der Waals surface area contributed by atoms with Crippen LogP contribution in [0, 0.1) is 0 Å². The first kappa shape index (κ1) is 13.3. The van der Waals surface area contributed by atoms with Gasteiger partial charge in [-0.1, -0.05) is 0 Å². The molecule has 0 saturated carbocycles. The minimum Gasteiger partial charge on any atom is -0.384 e. The number of nitrogens with one attached hydrogen (secondary N) is 1. The number of anilines is 2. The Morgan fingerprint density at radius 3 is 2.56 bits per heavy atom. The van der Waals surface area contributed by atoms with Crippen molar-refractivity contribution in [3.8, 4) is 0 Å². The number of halogens is 3. The molecule has 3 N–H and O–H groups in total. The van der Waals surface area contributed by atoms with Crippen LogP contribution in [0.4, 0.5) is 24.8 Å². The first-order valence-electron chi connectivity index (χ1n) is 5.51. The van der Waals surface area contributed by atoms with E-state index >= 15 is 0 Å². The fourth-order valence-corrected chi connectivity index (χ4v) is 2.82. The zero-order chi connectivity index (χ0) is 13.2. The van der Waals surface area contributed by atoms with Gasteiger partial charge in [0.25, 0.3) is 0 Å². The number of hydrogen-bond acceptors (Lipinski definition) is 5. The fraction of sp³-hybridized carbons (Fsp3) is 0.600. The Morgan fingerprint density at radius 1 is 1.28 bits per heavy atom. The van der Waals surface area contributed by atoms with Crippen molar-refractivity contribution in [2.75, 3.05) is 22.6 Å². The van der Waals surface area contributed by atoms with Gasteiger partial charge in [-0.15, -0.1) is 0 Å². The van der Waals surface area contributed by atoms with Gasteiger partial charge in [0, 0.05) is 12.1 Å². The Kier molecular flexibility index (Phi) is 3.84. The molecule has 8 heteroatoms. The van der Waals surface area contributed by atoms with Gasteiger partial charge in [-0.25, -0.2) is 9.97 Å². The van der Waals surface area contributed by atoms with Gasteiger partial charge < -0.3 is 11.1 Å². The van der Waals surface area contributed by atoms with Crippen molar-refractivity contribution in [2.24, 2.45) is 0 Å². The highest BCUT2D eigenvalue weighted by Crippen LogP contribution is 2.28. The van der Waals surface area contributed by atoms with Gasteiger partial charge in [0.2, 0.25) is 5.82 Å². The van der Waals surface area contributed by atoms with E-state index in [2.05, 4.69) is 15.3 Å². The normalized spacial score (nSPS) is 17.7. The SMILES string of the molecule is Nc1cc(NC2CCSCC2)nc(C(F)(F)F)n1. The lowest BCUT2D eigenvalue weighted by atomic mass is 10.1. The molecule has 1 aromatic rings. The molecule has 0 radical (unpaired) electrons. The predicted molar refractivity (Wildman–Crippen MR) is 65.4 cm³/mol. The van der Waals surface area contributed by atoms with Crippen molar-refractivity contribution in [3.05, 3.63) is 11.9 Å². The van der Waals surface area contributed by atoms with Crippen LogP contribution in [-0.4, -0.2) is 27.5 Å². The molecule has 1 aliphatic heterocycles. The van der Waals surface area contributed by atoms with Crippen LogP contribution in [0.25, 0.3) is 0 Å². The summed E-state index contributed by atoms with van der Waals surface area (Å²) in [6.07, 6.45) is -2.75. The maximum atomic E-state index is 12.5. The van der Waals surface area contributed by atoms with Crippen molar-refractivity contribution < 1.29 is 13.2 Å². The maximum absolute atomic E-state index is 12.5. The van der Waals surface area contributed by atoms with Gasteiger partial charge >= 0.3 is 6.18 Å². The molecule has 0 aromatic carbocycles. The first-order valence-corrected chi connectivity index (χ1v) is 6.66. The molecule has 0 spiro atoms. The Labute approximate surface area is 107 Å². The Morgan fingerprint density at radius 2 is 1.94 bits per heavy atom. The van der Waals surface area contributed by atoms with Crippen LogP contribution in [-0.2, 0) is 6.18 Å². The van der Waals surface area contributed by atoms with E-state index in [4.69, 9.17) is 5.73 Å². The van der Waals surface area contributed by atoms with Crippen LogP contribution in [0.5, 0.6) is 0 Å². The summed E-state index contributed by atoms with van der Waals surface area (Å²) in [4.78, 5) is 6.66. The van der Waals surface area contributed by atoms with Crippen molar-refractivity contribution >= 4 is 23.4 Å².